The van der Waals surface area contributed by atoms with E-state index in [1.54, 1.807) is 18.2 Å². The second-order valence-electron chi connectivity index (χ2n) is 3.44. The minimum Gasteiger partial charge on any atom is -0.399 e. The topological polar surface area (TPSA) is 92.6 Å². The maximum absolute atomic E-state index is 11.3. The summed E-state index contributed by atoms with van der Waals surface area (Å²) in [7, 11) is 0. The summed E-state index contributed by atoms with van der Waals surface area (Å²) in [5.41, 5.74) is 12.5. The summed E-state index contributed by atoms with van der Waals surface area (Å²) in [6.45, 7) is 3.11. The van der Waals surface area contributed by atoms with E-state index in [9.17, 15) is 4.79 Å². The fraction of sp³-hybridized carbons (Fsp3) is 0.364. The molecule has 1 aromatic carbocycles. The molecular weight excluding hydrogens is 206 g/mol. The first-order valence-corrected chi connectivity index (χ1v) is 5.15. The van der Waals surface area contributed by atoms with Crippen LogP contribution in [0.25, 0.3) is 0 Å². The van der Waals surface area contributed by atoms with Gasteiger partial charge in [-0.15, -0.1) is 0 Å². The highest BCUT2D eigenvalue weighted by atomic mass is 16.3. The summed E-state index contributed by atoms with van der Waals surface area (Å²) in [5.74, 6) is -0.515. The van der Waals surface area contributed by atoms with E-state index in [1.807, 2.05) is 11.8 Å². The molecule has 0 bridgehead atoms. The number of aliphatic hydroxyl groups excluding tert-OH is 1. The molecule has 0 aromatic heterocycles. The Kier molecular flexibility index (Phi) is 4.13. The molecule has 16 heavy (non-hydrogen) atoms. The van der Waals surface area contributed by atoms with Crippen molar-refractivity contribution in [1.29, 1.82) is 0 Å². The van der Waals surface area contributed by atoms with Crippen molar-refractivity contribution in [2.24, 2.45) is 5.73 Å². The minimum absolute atomic E-state index is 0.0242. The van der Waals surface area contributed by atoms with Crippen LogP contribution < -0.4 is 16.4 Å². The summed E-state index contributed by atoms with van der Waals surface area (Å²) in [4.78, 5) is 13.2. The van der Waals surface area contributed by atoms with Crippen molar-refractivity contribution in [3.63, 3.8) is 0 Å². The molecule has 0 atom stereocenters. The Balaban J connectivity index is 3.14. The Morgan fingerprint density at radius 2 is 2.19 bits per heavy atom. The van der Waals surface area contributed by atoms with Crippen molar-refractivity contribution < 1.29 is 9.90 Å². The van der Waals surface area contributed by atoms with E-state index in [1.165, 1.54) is 0 Å². The Morgan fingerprint density at radius 1 is 1.50 bits per heavy atom. The number of carbonyl (C=O) groups is 1. The predicted molar refractivity (Wildman–Crippen MR) is 64.3 cm³/mol. The highest BCUT2D eigenvalue weighted by Gasteiger charge is 2.13. The first-order chi connectivity index (χ1) is 7.60. The molecule has 88 valence electrons. The molecule has 5 N–H and O–H groups in total. The van der Waals surface area contributed by atoms with Gasteiger partial charge in [0, 0.05) is 24.5 Å². The molecule has 0 heterocycles. The van der Waals surface area contributed by atoms with Gasteiger partial charge in [0.2, 0.25) is 0 Å². The summed E-state index contributed by atoms with van der Waals surface area (Å²) in [6.07, 6.45) is 0. The molecule has 0 aliphatic heterocycles. The van der Waals surface area contributed by atoms with E-state index >= 15 is 0 Å². The zero-order valence-corrected chi connectivity index (χ0v) is 9.31. The van der Waals surface area contributed by atoms with Crippen LogP contribution in [-0.4, -0.2) is 30.7 Å². The Morgan fingerprint density at radius 3 is 2.69 bits per heavy atom. The fourth-order valence-corrected chi connectivity index (χ4v) is 1.60. The lowest BCUT2D eigenvalue weighted by atomic mass is 10.1. The van der Waals surface area contributed by atoms with E-state index in [-0.39, 0.29) is 6.61 Å². The number of likely N-dealkylation sites (N-methyl/N-ethyl adjacent to an activating group) is 1. The van der Waals surface area contributed by atoms with E-state index in [4.69, 9.17) is 16.6 Å². The van der Waals surface area contributed by atoms with Gasteiger partial charge in [0.15, 0.2) is 0 Å². The standard InChI is InChI=1S/C11H17N3O2/c1-2-14(5-6-15)10-4-3-8(12)7-9(10)11(13)16/h3-4,7,15H,2,5-6,12H2,1H3,(H2,13,16). The Bertz CT molecular complexity index is 379. The molecule has 5 nitrogen and oxygen atoms in total. The number of nitrogen functional groups attached to an aromatic ring is 1. The number of rotatable bonds is 5. The zero-order valence-electron chi connectivity index (χ0n) is 9.31. The van der Waals surface area contributed by atoms with Crippen LogP contribution in [-0.2, 0) is 0 Å². The molecule has 5 heteroatoms. The molecular formula is C11H17N3O2. The SMILES string of the molecule is CCN(CCO)c1ccc(N)cc1C(N)=O. The van der Waals surface area contributed by atoms with Crippen molar-refractivity contribution in [3.8, 4) is 0 Å². The number of nitrogens with zero attached hydrogens (tertiary/aromatic N) is 1. The van der Waals surface area contributed by atoms with Crippen LogP contribution in [0.3, 0.4) is 0 Å². The summed E-state index contributed by atoms with van der Waals surface area (Å²) >= 11 is 0. The van der Waals surface area contributed by atoms with Crippen LogP contribution in [0.4, 0.5) is 11.4 Å². The molecule has 0 saturated carbocycles. The first-order valence-electron chi connectivity index (χ1n) is 5.15. The van der Waals surface area contributed by atoms with Gasteiger partial charge < -0.3 is 21.5 Å². The fourth-order valence-electron chi connectivity index (χ4n) is 1.60. The first kappa shape index (κ1) is 12.3. The van der Waals surface area contributed by atoms with Crippen molar-refractivity contribution in [3.05, 3.63) is 23.8 Å². The van der Waals surface area contributed by atoms with Gasteiger partial charge in [0.1, 0.15) is 0 Å². The highest BCUT2D eigenvalue weighted by molar-refractivity contribution is 5.99. The smallest absolute Gasteiger partial charge is 0.250 e. The highest BCUT2D eigenvalue weighted by Crippen LogP contribution is 2.22. The molecule has 0 radical (unpaired) electrons. The van der Waals surface area contributed by atoms with Crippen LogP contribution in [0.2, 0.25) is 0 Å². The van der Waals surface area contributed by atoms with Crippen LogP contribution in [0.15, 0.2) is 18.2 Å². The van der Waals surface area contributed by atoms with Gasteiger partial charge >= 0.3 is 0 Å². The number of hydrogen-bond donors (Lipinski definition) is 3. The maximum atomic E-state index is 11.3. The summed E-state index contributed by atoms with van der Waals surface area (Å²) in [6, 6.07) is 5.01. The lowest BCUT2D eigenvalue weighted by molar-refractivity contribution is 0.100. The quantitative estimate of drug-likeness (QED) is 0.621. The lowest BCUT2D eigenvalue weighted by Gasteiger charge is -2.24. The van der Waals surface area contributed by atoms with E-state index in [0.29, 0.717) is 30.0 Å². The summed E-state index contributed by atoms with van der Waals surface area (Å²) < 4.78 is 0. The van der Waals surface area contributed by atoms with Crippen molar-refractivity contribution in [2.45, 2.75) is 6.92 Å². The Hall–Kier alpha value is -1.75. The minimum atomic E-state index is -0.515. The monoisotopic (exact) mass is 223 g/mol. The average molecular weight is 223 g/mol. The van der Waals surface area contributed by atoms with E-state index < -0.39 is 5.91 Å². The van der Waals surface area contributed by atoms with Crippen LogP contribution >= 0.6 is 0 Å². The lowest BCUT2D eigenvalue weighted by Crippen LogP contribution is -2.29. The second-order valence-corrected chi connectivity index (χ2v) is 3.44. The van der Waals surface area contributed by atoms with Crippen molar-refractivity contribution in [2.75, 3.05) is 30.3 Å². The largest absolute Gasteiger partial charge is 0.399 e. The molecule has 1 rings (SSSR count). The molecule has 0 spiro atoms. The molecule has 1 aromatic rings. The number of carbonyl (C=O) groups excluding carboxylic acids is 1. The third-order valence-corrected chi connectivity index (χ3v) is 2.38. The predicted octanol–water partition coefficient (Wildman–Crippen LogP) is 0.186. The number of nitrogens with two attached hydrogens (primary N) is 2. The van der Waals surface area contributed by atoms with Crippen LogP contribution in [0, 0.1) is 0 Å². The number of aliphatic hydroxyl groups is 1. The van der Waals surface area contributed by atoms with Crippen molar-refractivity contribution >= 4 is 17.3 Å². The van der Waals surface area contributed by atoms with Gasteiger partial charge in [-0.3, -0.25) is 4.79 Å². The second kappa shape index (κ2) is 5.37. The maximum Gasteiger partial charge on any atom is 0.250 e. The molecule has 0 aliphatic carbocycles. The van der Waals surface area contributed by atoms with Gasteiger partial charge in [-0.05, 0) is 25.1 Å². The number of amides is 1. The number of benzene rings is 1. The molecule has 0 saturated heterocycles. The van der Waals surface area contributed by atoms with Gasteiger partial charge in [-0.2, -0.15) is 0 Å². The number of hydrogen-bond acceptors (Lipinski definition) is 4. The zero-order chi connectivity index (χ0) is 12.1. The summed E-state index contributed by atoms with van der Waals surface area (Å²) in [5, 5.41) is 8.93. The van der Waals surface area contributed by atoms with E-state index in [2.05, 4.69) is 0 Å². The van der Waals surface area contributed by atoms with Gasteiger partial charge in [0.25, 0.3) is 5.91 Å². The van der Waals surface area contributed by atoms with Crippen molar-refractivity contribution in [1.82, 2.24) is 0 Å². The Labute approximate surface area is 94.7 Å². The number of anilines is 2. The average Bonchev–Trinajstić information content (AvgIpc) is 2.26. The third-order valence-electron chi connectivity index (χ3n) is 2.38. The van der Waals surface area contributed by atoms with Crippen LogP contribution in [0.5, 0.6) is 0 Å². The van der Waals surface area contributed by atoms with Crippen LogP contribution in [0.1, 0.15) is 17.3 Å². The van der Waals surface area contributed by atoms with Gasteiger partial charge in [-0.25, -0.2) is 0 Å². The molecule has 1 amide bonds. The normalized spacial score (nSPS) is 10.1. The van der Waals surface area contributed by atoms with E-state index in [0.717, 1.165) is 0 Å². The third kappa shape index (κ3) is 2.64. The molecule has 0 aliphatic rings. The molecule has 0 fully saturated rings. The van der Waals surface area contributed by atoms with Gasteiger partial charge in [-0.1, -0.05) is 0 Å². The molecule has 0 unspecified atom stereocenters. The number of primary amides is 1. The van der Waals surface area contributed by atoms with Gasteiger partial charge in [0.05, 0.1) is 12.2 Å².